The van der Waals surface area contributed by atoms with Gasteiger partial charge in [0.15, 0.2) is 0 Å². The van der Waals surface area contributed by atoms with Crippen molar-refractivity contribution in [2.24, 2.45) is 0 Å². The molecule has 2 aromatic carbocycles. The Hall–Kier alpha value is -1.68. The molecule has 0 bridgehead atoms. The van der Waals surface area contributed by atoms with Gasteiger partial charge in [0.25, 0.3) is 0 Å². The van der Waals surface area contributed by atoms with Crippen LogP contribution in [0.5, 0.6) is 5.75 Å². The molecule has 0 aliphatic rings. The summed E-state index contributed by atoms with van der Waals surface area (Å²) < 4.78 is 5.49. The van der Waals surface area contributed by atoms with Crippen LogP contribution in [0.4, 0.5) is 0 Å². The monoisotopic (exact) mass is 248 g/mol. The number of carboxylic acid groups (broad SMARTS) is 1. The van der Waals surface area contributed by atoms with Gasteiger partial charge in [0.05, 0.1) is 5.56 Å². The zero-order valence-corrected chi connectivity index (χ0v) is 10.2. The molecule has 0 aliphatic heterocycles. The van der Waals surface area contributed by atoms with Crippen LogP contribution in [0.2, 0.25) is 0 Å². The van der Waals surface area contributed by atoms with Gasteiger partial charge in [0.1, 0.15) is 11.7 Å². The summed E-state index contributed by atoms with van der Waals surface area (Å²) in [6.07, 6.45) is 1.97. The van der Waals surface area contributed by atoms with E-state index >= 15 is 0 Å². The number of rotatable bonds is 4. The highest BCUT2D eigenvalue weighted by atomic mass is 32.2. The van der Waals surface area contributed by atoms with E-state index < -0.39 is 5.97 Å². The van der Waals surface area contributed by atoms with Crippen LogP contribution in [0.1, 0.15) is 10.4 Å². The van der Waals surface area contributed by atoms with Crippen LogP contribution in [0.3, 0.4) is 0 Å². The normalized spacial score (nSPS) is 10.4. The Kier molecular flexibility index (Phi) is 3.54. The Morgan fingerprint density at radius 1 is 1.24 bits per heavy atom. The molecule has 0 fully saturated rings. The van der Waals surface area contributed by atoms with Gasteiger partial charge in [0.2, 0.25) is 0 Å². The number of carbonyl (C=O) groups is 1. The maximum atomic E-state index is 10.8. The third kappa shape index (κ3) is 2.71. The van der Waals surface area contributed by atoms with E-state index in [2.05, 4.69) is 0 Å². The van der Waals surface area contributed by atoms with Crippen LogP contribution in [0.15, 0.2) is 36.4 Å². The van der Waals surface area contributed by atoms with Crippen LogP contribution in [0.25, 0.3) is 10.8 Å². The van der Waals surface area contributed by atoms with Crippen molar-refractivity contribution in [2.45, 2.75) is 0 Å². The van der Waals surface area contributed by atoms with Crippen molar-refractivity contribution in [2.75, 3.05) is 12.2 Å². The summed E-state index contributed by atoms with van der Waals surface area (Å²) in [7, 11) is 0. The Balaban J connectivity index is 2.36. The van der Waals surface area contributed by atoms with Crippen LogP contribution >= 0.6 is 11.8 Å². The lowest BCUT2D eigenvalue weighted by molar-refractivity contribution is 0.0697. The molecule has 0 aromatic heterocycles. The summed E-state index contributed by atoms with van der Waals surface area (Å²) in [6, 6.07) is 10.7. The molecule has 0 radical (unpaired) electrons. The quantitative estimate of drug-likeness (QED) is 0.844. The molecule has 0 spiro atoms. The summed E-state index contributed by atoms with van der Waals surface area (Å²) in [5, 5.41) is 10.8. The first kappa shape index (κ1) is 11.8. The third-order valence-electron chi connectivity index (χ3n) is 2.40. The third-order valence-corrected chi connectivity index (χ3v) is 2.76. The fourth-order valence-electron chi connectivity index (χ4n) is 1.57. The van der Waals surface area contributed by atoms with Crippen LogP contribution in [0, 0.1) is 0 Å². The van der Waals surface area contributed by atoms with Gasteiger partial charge >= 0.3 is 5.97 Å². The molecule has 2 aromatic rings. The fourth-order valence-corrected chi connectivity index (χ4v) is 1.83. The maximum Gasteiger partial charge on any atom is 0.335 e. The number of hydrogen-bond donors (Lipinski definition) is 1. The number of hydrogen-bond acceptors (Lipinski definition) is 3. The molecule has 17 heavy (non-hydrogen) atoms. The molecule has 1 N–H and O–H groups in total. The Labute approximate surface area is 103 Å². The first-order valence-electron chi connectivity index (χ1n) is 5.09. The van der Waals surface area contributed by atoms with Crippen LogP contribution in [-0.4, -0.2) is 23.3 Å². The first-order chi connectivity index (χ1) is 8.20. The molecule has 0 amide bonds. The lowest BCUT2D eigenvalue weighted by atomic mass is 10.1. The molecule has 4 heteroatoms. The minimum atomic E-state index is -0.908. The molecule has 0 heterocycles. The SMILES string of the molecule is CSCOc1ccc2cc(C(=O)O)ccc2c1. The highest BCUT2D eigenvalue weighted by Gasteiger charge is 2.04. The summed E-state index contributed by atoms with van der Waals surface area (Å²) in [5.41, 5.74) is 0.301. The molecule has 3 nitrogen and oxygen atoms in total. The summed E-state index contributed by atoms with van der Waals surface area (Å²) in [5.74, 6) is 0.503. The van der Waals surface area contributed by atoms with E-state index in [0.717, 1.165) is 16.5 Å². The van der Waals surface area contributed by atoms with E-state index in [-0.39, 0.29) is 0 Å². The molecular formula is C13H12O3S. The molecule has 2 rings (SSSR count). The molecule has 88 valence electrons. The number of benzene rings is 2. The molecule has 0 aliphatic carbocycles. The molecule has 0 unspecified atom stereocenters. The zero-order valence-electron chi connectivity index (χ0n) is 9.34. The van der Waals surface area contributed by atoms with Crippen molar-refractivity contribution in [3.05, 3.63) is 42.0 Å². The predicted molar refractivity (Wildman–Crippen MR) is 69.9 cm³/mol. The molecule has 0 atom stereocenters. The van der Waals surface area contributed by atoms with Crippen molar-refractivity contribution < 1.29 is 14.6 Å². The van der Waals surface area contributed by atoms with Crippen molar-refractivity contribution in [1.29, 1.82) is 0 Å². The van der Waals surface area contributed by atoms with E-state index in [4.69, 9.17) is 9.84 Å². The zero-order chi connectivity index (χ0) is 12.3. The lowest BCUT2D eigenvalue weighted by Gasteiger charge is -2.06. The minimum absolute atomic E-state index is 0.301. The topological polar surface area (TPSA) is 46.5 Å². The van der Waals surface area contributed by atoms with Crippen molar-refractivity contribution >= 4 is 28.5 Å². The molecule has 0 saturated heterocycles. The van der Waals surface area contributed by atoms with E-state index in [1.807, 2.05) is 24.5 Å². The molecular weight excluding hydrogens is 236 g/mol. The highest BCUT2D eigenvalue weighted by molar-refractivity contribution is 7.98. The summed E-state index contributed by atoms with van der Waals surface area (Å²) in [6.45, 7) is 0. The van der Waals surface area contributed by atoms with Crippen LogP contribution in [-0.2, 0) is 0 Å². The largest absolute Gasteiger partial charge is 0.483 e. The Morgan fingerprint density at radius 3 is 2.65 bits per heavy atom. The Bertz CT molecular complexity index is 551. The standard InChI is InChI=1S/C13H12O3S/c1-17-8-16-12-5-4-9-6-11(13(14)15)3-2-10(9)7-12/h2-7H,8H2,1H3,(H,14,15). The first-order valence-corrected chi connectivity index (χ1v) is 6.49. The average Bonchev–Trinajstić information content (AvgIpc) is 2.35. The highest BCUT2D eigenvalue weighted by Crippen LogP contribution is 2.22. The smallest absolute Gasteiger partial charge is 0.335 e. The second-order valence-corrected chi connectivity index (χ2v) is 4.39. The van der Waals surface area contributed by atoms with Gasteiger partial charge in [-0.1, -0.05) is 12.1 Å². The number of fused-ring (bicyclic) bond motifs is 1. The van der Waals surface area contributed by atoms with Gasteiger partial charge in [-0.3, -0.25) is 0 Å². The Morgan fingerprint density at radius 2 is 1.94 bits per heavy atom. The molecule has 0 saturated carbocycles. The van der Waals surface area contributed by atoms with E-state index in [0.29, 0.717) is 11.5 Å². The minimum Gasteiger partial charge on any atom is -0.483 e. The maximum absolute atomic E-state index is 10.8. The van der Waals surface area contributed by atoms with Gasteiger partial charge in [-0.2, -0.15) is 0 Å². The predicted octanol–water partition coefficient (Wildman–Crippen LogP) is 3.24. The average molecular weight is 248 g/mol. The van der Waals surface area contributed by atoms with Gasteiger partial charge in [-0.15, -0.1) is 11.8 Å². The number of ether oxygens (including phenoxy) is 1. The van der Waals surface area contributed by atoms with Crippen molar-refractivity contribution in [3.8, 4) is 5.75 Å². The van der Waals surface area contributed by atoms with Gasteiger partial charge < -0.3 is 9.84 Å². The van der Waals surface area contributed by atoms with Gasteiger partial charge in [-0.05, 0) is 41.3 Å². The summed E-state index contributed by atoms with van der Waals surface area (Å²) >= 11 is 1.61. The van der Waals surface area contributed by atoms with E-state index in [1.165, 1.54) is 0 Å². The second-order valence-electron chi connectivity index (χ2n) is 3.58. The second kappa shape index (κ2) is 5.10. The summed E-state index contributed by atoms with van der Waals surface area (Å²) in [4.78, 5) is 10.8. The number of thioether (sulfide) groups is 1. The fraction of sp³-hybridized carbons (Fsp3) is 0.154. The van der Waals surface area contributed by atoms with Crippen molar-refractivity contribution in [3.63, 3.8) is 0 Å². The van der Waals surface area contributed by atoms with Gasteiger partial charge in [0, 0.05) is 0 Å². The van der Waals surface area contributed by atoms with Crippen LogP contribution < -0.4 is 4.74 Å². The van der Waals surface area contributed by atoms with Crippen molar-refractivity contribution in [1.82, 2.24) is 0 Å². The lowest BCUT2D eigenvalue weighted by Crippen LogP contribution is -1.95. The van der Waals surface area contributed by atoms with Gasteiger partial charge in [-0.25, -0.2) is 4.79 Å². The number of carboxylic acids is 1. The van der Waals surface area contributed by atoms with E-state index in [1.54, 1.807) is 30.0 Å². The van der Waals surface area contributed by atoms with E-state index in [9.17, 15) is 4.79 Å². The number of aromatic carboxylic acids is 1.